The highest BCUT2D eigenvalue weighted by atomic mass is 79.9. The number of nitrogens with zero attached hydrogens (tertiary/aromatic N) is 1. The summed E-state index contributed by atoms with van der Waals surface area (Å²) >= 11 is 3.34. The quantitative estimate of drug-likeness (QED) is 0.808. The van der Waals surface area contributed by atoms with Crippen LogP contribution in [0.25, 0.3) is 10.9 Å². The molecule has 2 heterocycles. The predicted molar refractivity (Wildman–Crippen MR) is 81.4 cm³/mol. The van der Waals surface area contributed by atoms with E-state index >= 15 is 0 Å². The van der Waals surface area contributed by atoms with Gasteiger partial charge in [-0.05, 0) is 18.2 Å². The van der Waals surface area contributed by atoms with E-state index in [1.807, 2.05) is 12.1 Å². The number of aromatic amines is 1. The molecule has 0 atom stereocenters. The minimum absolute atomic E-state index is 0.287. The molecule has 1 aliphatic rings. The molecule has 2 aromatic rings. The average Bonchev–Trinajstić information content (AvgIpc) is 3.10. The van der Waals surface area contributed by atoms with Gasteiger partial charge >= 0.3 is 12.0 Å². The largest absolute Gasteiger partial charge is 0.452 e. The molecule has 3 amide bonds. The number of amides is 3. The maximum absolute atomic E-state index is 12.1. The van der Waals surface area contributed by atoms with Crippen LogP contribution in [0.2, 0.25) is 0 Å². The number of aromatic nitrogens is 1. The SMILES string of the molecule is O=C(OCC(=O)N1CCNC1=O)c1c[nH]c2ccc(Br)cc12. The average molecular weight is 366 g/mol. The molecular formula is C14H12BrN3O4. The number of rotatable bonds is 3. The number of fused-ring (bicyclic) bond motifs is 1. The van der Waals surface area contributed by atoms with Crippen molar-refractivity contribution in [2.24, 2.45) is 0 Å². The second kappa shape index (κ2) is 5.80. The number of hydrogen-bond donors (Lipinski definition) is 2. The highest BCUT2D eigenvalue weighted by molar-refractivity contribution is 9.10. The molecule has 7 nitrogen and oxygen atoms in total. The second-order valence-electron chi connectivity index (χ2n) is 4.75. The third-order valence-electron chi connectivity index (χ3n) is 3.35. The zero-order valence-electron chi connectivity index (χ0n) is 11.4. The third-order valence-corrected chi connectivity index (χ3v) is 3.84. The molecule has 114 valence electrons. The monoisotopic (exact) mass is 365 g/mol. The van der Waals surface area contributed by atoms with Crippen LogP contribution in [0, 0.1) is 0 Å². The van der Waals surface area contributed by atoms with Crippen molar-refractivity contribution in [2.45, 2.75) is 0 Å². The molecule has 1 saturated heterocycles. The van der Waals surface area contributed by atoms with Gasteiger partial charge in [-0.3, -0.25) is 9.69 Å². The van der Waals surface area contributed by atoms with Crippen LogP contribution in [-0.2, 0) is 9.53 Å². The van der Waals surface area contributed by atoms with Crippen LogP contribution >= 0.6 is 15.9 Å². The lowest BCUT2D eigenvalue weighted by molar-refractivity contribution is -0.130. The van der Waals surface area contributed by atoms with Crippen LogP contribution in [0.3, 0.4) is 0 Å². The number of ether oxygens (including phenoxy) is 1. The summed E-state index contributed by atoms with van der Waals surface area (Å²) in [7, 11) is 0. The van der Waals surface area contributed by atoms with Gasteiger partial charge in [-0.15, -0.1) is 0 Å². The Labute approximate surface area is 133 Å². The molecule has 22 heavy (non-hydrogen) atoms. The van der Waals surface area contributed by atoms with Crippen molar-refractivity contribution >= 4 is 44.7 Å². The summed E-state index contributed by atoms with van der Waals surface area (Å²) in [5.74, 6) is -1.15. The second-order valence-corrected chi connectivity index (χ2v) is 5.66. The lowest BCUT2D eigenvalue weighted by Crippen LogP contribution is -2.37. The van der Waals surface area contributed by atoms with E-state index in [9.17, 15) is 14.4 Å². The van der Waals surface area contributed by atoms with Crippen molar-refractivity contribution in [1.82, 2.24) is 15.2 Å². The molecule has 1 fully saturated rings. The molecule has 0 unspecified atom stereocenters. The smallest absolute Gasteiger partial charge is 0.340 e. The van der Waals surface area contributed by atoms with Gasteiger partial charge in [0.15, 0.2) is 6.61 Å². The molecule has 0 saturated carbocycles. The van der Waals surface area contributed by atoms with Crippen molar-refractivity contribution in [3.8, 4) is 0 Å². The van der Waals surface area contributed by atoms with Crippen LogP contribution in [0.4, 0.5) is 4.79 Å². The summed E-state index contributed by atoms with van der Waals surface area (Å²) in [6, 6.07) is 5.01. The van der Waals surface area contributed by atoms with Crippen LogP contribution in [-0.4, -0.2) is 47.5 Å². The van der Waals surface area contributed by atoms with Gasteiger partial charge in [0.25, 0.3) is 5.91 Å². The number of carbonyl (C=O) groups excluding carboxylic acids is 3. The van der Waals surface area contributed by atoms with E-state index in [4.69, 9.17) is 4.74 Å². The van der Waals surface area contributed by atoms with Gasteiger partial charge in [0.05, 0.1) is 5.56 Å². The maximum atomic E-state index is 12.1. The van der Waals surface area contributed by atoms with Gasteiger partial charge in [-0.2, -0.15) is 0 Å². The Morgan fingerprint density at radius 3 is 2.91 bits per heavy atom. The third kappa shape index (κ3) is 2.69. The van der Waals surface area contributed by atoms with Gasteiger partial charge in [0.2, 0.25) is 0 Å². The van der Waals surface area contributed by atoms with Gasteiger partial charge < -0.3 is 15.0 Å². The van der Waals surface area contributed by atoms with Gasteiger partial charge in [-0.25, -0.2) is 9.59 Å². The number of esters is 1. The van der Waals surface area contributed by atoms with E-state index in [2.05, 4.69) is 26.2 Å². The molecule has 0 radical (unpaired) electrons. The van der Waals surface area contributed by atoms with Crippen molar-refractivity contribution in [3.63, 3.8) is 0 Å². The zero-order valence-corrected chi connectivity index (χ0v) is 13.0. The first-order valence-corrected chi connectivity index (χ1v) is 7.37. The zero-order chi connectivity index (χ0) is 15.7. The first-order chi connectivity index (χ1) is 10.6. The number of benzene rings is 1. The number of imide groups is 1. The molecule has 2 N–H and O–H groups in total. The van der Waals surface area contributed by atoms with Crippen molar-refractivity contribution < 1.29 is 19.1 Å². The minimum atomic E-state index is -0.614. The Morgan fingerprint density at radius 1 is 1.36 bits per heavy atom. The minimum Gasteiger partial charge on any atom is -0.452 e. The highest BCUT2D eigenvalue weighted by Gasteiger charge is 2.27. The van der Waals surface area contributed by atoms with E-state index in [0.717, 1.165) is 14.9 Å². The maximum Gasteiger partial charge on any atom is 0.340 e. The van der Waals surface area contributed by atoms with Crippen molar-refractivity contribution in [3.05, 3.63) is 34.4 Å². The number of nitrogens with one attached hydrogen (secondary N) is 2. The Bertz CT molecular complexity index is 771. The van der Waals surface area contributed by atoms with Crippen LogP contribution < -0.4 is 5.32 Å². The van der Waals surface area contributed by atoms with Crippen molar-refractivity contribution in [2.75, 3.05) is 19.7 Å². The number of urea groups is 1. The van der Waals surface area contributed by atoms with Crippen LogP contribution in [0.15, 0.2) is 28.9 Å². The molecule has 0 spiro atoms. The summed E-state index contributed by atoms with van der Waals surface area (Å²) in [5, 5.41) is 3.21. The molecule has 3 rings (SSSR count). The summed E-state index contributed by atoms with van der Waals surface area (Å²) in [6.07, 6.45) is 1.53. The first-order valence-electron chi connectivity index (χ1n) is 6.58. The number of halogens is 1. The molecule has 1 aromatic heterocycles. The highest BCUT2D eigenvalue weighted by Crippen LogP contribution is 2.23. The van der Waals surface area contributed by atoms with Crippen LogP contribution in [0.1, 0.15) is 10.4 Å². The summed E-state index contributed by atoms with van der Waals surface area (Å²) in [4.78, 5) is 39.3. The molecule has 1 aromatic carbocycles. The first kappa shape index (κ1) is 14.6. The summed E-state index contributed by atoms with van der Waals surface area (Å²) in [5.41, 5.74) is 1.13. The van der Waals surface area contributed by atoms with E-state index in [0.29, 0.717) is 17.5 Å². The van der Waals surface area contributed by atoms with Gasteiger partial charge in [0.1, 0.15) is 0 Å². The van der Waals surface area contributed by atoms with Gasteiger partial charge in [-0.1, -0.05) is 15.9 Å². The summed E-state index contributed by atoms with van der Waals surface area (Å²) in [6.45, 7) is 0.233. The Kier molecular flexibility index (Phi) is 3.84. The molecule has 0 aliphatic carbocycles. The fourth-order valence-corrected chi connectivity index (χ4v) is 2.62. The van der Waals surface area contributed by atoms with Crippen molar-refractivity contribution in [1.29, 1.82) is 0 Å². The van der Waals surface area contributed by atoms with E-state index < -0.39 is 24.5 Å². The normalized spacial score (nSPS) is 14.2. The molecule has 0 bridgehead atoms. The Balaban J connectivity index is 1.70. The van der Waals surface area contributed by atoms with Crippen LogP contribution in [0.5, 0.6) is 0 Å². The standard InChI is InChI=1S/C14H12BrN3O4/c15-8-1-2-11-9(5-8)10(6-17-11)13(20)22-7-12(19)18-4-3-16-14(18)21/h1-2,5-6,17H,3-4,7H2,(H,16,21). The number of hydrogen-bond acceptors (Lipinski definition) is 4. The summed E-state index contributed by atoms with van der Waals surface area (Å²) < 4.78 is 5.84. The predicted octanol–water partition coefficient (Wildman–Crippen LogP) is 1.64. The molecule has 1 aliphatic heterocycles. The number of H-pyrrole nitrogens is 1. The van der Waals surface area contributed by atoms with E-state index in [1.165, 1.54) is 6.20 Å². The lowest BCUT2D eigenvalue weighted by Gasteiger charge is -2.11. The Hall–Kier alpha value is -2.35. The molecule has 8 heteroatoms. The fraction of sp³-hybridized carbons (Fsp3) is 0.214. The lowest BCUT2D eigenvalue weighted by atomic mass is 10.2. The van der Waals surface area contributed by atoms with E-state index in [-0.39, 0.29) is 6.54 Å². The molecular weight excluding hydrogens is 354 g/mol. The topological polar surface area (TPSA) is 91.5 Å². The van der Waals surface area contributed by atoms with E-state index in [1.54, 1.807) is 6.07 Å². The van der Waals surface area contributed by atoms with Gasteiger partial charge in [0, 0.05) is 34.7 Å². The number of carbonyl (C=O) groups is 3. The fourth-order valence-electron chi connectivity index (χ4n) is 2.25. The Morgan fingerprint density at radius 2 is 2.18 bits per heavy atom.